The van der Waals surface area contributed by atoms with Gasteiger partial charge in [0, 0.05) is 17.0 Å². The van der Waals surface area contributed by atoms with E-state index in [-0.39, 0.29) is 0 Å². The quantitative estimate of drug-likeness (QED) is 0.437. The van der Waals surface area contributed by atoms with E-state index in [4.69, 9.17) is 0 Å². The molecule has 16 heavy (non-hydrogen) atoms. The van der Waals surface area contributed by atoms with Gasteiger partial charge in [-0.25, -0.2) is 0 Å². The summed E-state index contributed by atoms with van der Waals surface area (Å²) in [5.74, 6) is 0. The highest BCUT2D eigenvalue weighted by molar-refractivity contribution is 5.75. The van der Waals surface area contributed by atoms with Gasteiger partial charge in [-0.15, -0.1) is 0 Å². The van der Waals surface area contributed by atoms with Crippen LogP contribution in [0.25, 0.3) is 10.9 Å². The lowest BCUT2D eigenvalue weighted by molar-refractivity contribution is -0.577. The Morgan fingerprint density at radius 1 is 1.19 bits per heavy atom. The average molecular weight is 215 g/mol. The molecule has 0 unspecified atom stereocenters. The zero-order valence-electron chi connectivity index (χ0n) is 9.65. The average Bonchev–Trinajstić information content (AvgIpc) is 2.30. The zero-order chi connectivity index (χ0) is 11.4. The van der Waals surface area contributed by atoms with Crippen molar-refractivity contribution >= 4 is 10.9 Å². The van der Waals surface area contributed by atoms with E-state index in [1.807, 2.05) is 24.3 Å². The zero-order valence-corrected chi connectivity index (χ0v) is 9.65. The van der Waals surface area contributed by atoms with E-state index in [2.05, 4.69) is 13.0 Å². The van der Waals surface area contributed by atoms with E-state index >= 15 is 0 Å². The Kier molecular flexibility index (Phi) is 3.40. The molecule has 0 N–H and O–H groups in total. The molecule has 0 radical (unpaired) electrons. The molecule has 1 aromatic carbocycles. The van der Waals surface area contributed by atoms with Crippen LogP contribution in [0.3, 0.4) is 0 Å². The van der Waals surface area contributed by atoms with Crippen molar-refractivity contribution in [3.8, 4) is 0 Å². The Bertz CT molecular complexity index is 479. The second kappa shape index (κ2) is 4.97. The van der Waals surface area contributed by atoms with Crippen molar-refractivity contribution in [3.63, 3.8) is 0 Å². The normalized spacial score (nSPS) is 10.8. The Labute approximate surface area is 96.1 Å². The van der Waals surface area contributed by atoms with Gasteiger partial charge >= 0.3 is 0 Å². The number of rotatable bonds is 4. The maximum atomic E-state index is 11.7. The summed E-state index contributed by atoms with van der Waals surface area (Å²) in [5.41, 5.74) is 1.89. The van der Waals surface area contributed by atoms with Crippen LogP contribution in [0.1, 0.15) is 31.7 Å². The summed E-state index contributed by atoms with van der Waals surface area (Å²) in [6.07, 6.45) is 6.31. The lowest BCUT2D eigenvalue weighted by Crippen LogP contribution is -2.27. The molecule has 0 amide bonds. The number of aromatic nitrogens is 1. The SMILES string of the molecule is CCCCCc1cc2ccccc2[n+]([O-])c1. The maximum Gasteiger partial charge on any atom is 0.223 e. The molecule has 2 rings (SSSR count). The van der Waals surface area contributed by atoms with E-state index in [9.17, 15) is 5.21 Å². The molecular weight excluding hydrogens is 198 g/mol. The number of benzene rings is 1. The third-order valence-electron chi connectivity index (χ3n) is 2.87. The predicted molar refractivity (Wildman–Crippen MR) is 66.1 cm³/mol. The molecule has 0 aliphatic carbocycles. The first kappa shape index (κ1) is 10.9. The fourth-order valence-electron chi connectivity index (χ4n) is 1.98. The van der Waals surface area contributed by atoms with Crippen LogP contribution in [0.5, 0.6) is 0 Å². The molecule has 0 atom stereocenters. The first-order valence-electron chi connectivity index (χ1n) is 5.92. The van der Waals surface area contributed by atoms with Crippen LogP contribution >= 0.6 is 0 Å². The molecule has 0 saturated heterocycles. The summed E-state index contributed by atoms with van der Waals surface area (Å²) in [4.78, 5) is 0. The van der Waals surface area contributed by atoms with Gasteiger partial charge in [-0.05, 0) is 25.0 Å². The fourth-order valence-corrected chi connectivity index (χ4v) is 1.98. The Morgan fingerprint density at radius 2 is 2.00 bits per heavy atom. The Hall–Kier alpha value is -1.57. The van der Waals surface area contributed by atoms with Crippen molar-refractivity contribution in [3.05, 3.63) is 47.3 Å². The van der Waals surface area contributed by atoms with Gasteiger partial charge in [-0.1, -0.05) is 31.9 Å². The van der Waals surface area contributed by atoms with E-state index in [1.54, 1.807) is 6.20 Å². The summed E-state index contributed by atoms with van der Waals surface area (Å²) in [5, 5.41) is 12.8. The van der Waals surface area contributed by atoms with E-state index in [0.717, 1.165) is 34.0 Å². The minimum Gasteiger partial charge on any atom is -0.618 e. The highest BCUT2D eigenvalue weighted by Crippen LogP contribution is 2.13. The first-order chi connectivity index (χ1) is 7.81. The lowest BCUT2D eigenvalue weighted by Gasteiger charge is -2.05. The predicted octanol–water partition coefficient (Wildman–Crippen LogP) is 3.21. The van der Waals surface area contributed by atoms with Crippen molar-refractivity contribution in [2.24, 2.45) is 0 Å². The van der Waals surface area contributed by atoms with Gasteiger partial charge < -0.3 is 5.21 Å². The summed E-state index contributed by atoms with van der Waals surface area (Å²) in [6.45, 7) is 2.19. The number of hydrogen-bond donors (Lipinski definition) is 0. The minimum absolute atomic E-state index is 0.752. The highest BCUT2D eigenvalue weighted by atomic mass is 16.5. The number of hydrogen-bond acceptors (Lipinski definition) is 1. The Morgan fingerprint density at radius 3 is 2.81 bits per heavy atom. The van der Waals surface area contributed by atoms with E-state index in [0.29, 0.717) is 0 Å². The number of unbranched alkanes of at least 4 members (excludes halogenated alkanes) is 2. The van der Waals surface area contributed by atoms with Crippen LogP contribution in [0, 0.1) is 5.21 Å². The lowest BCUT2D eigenvalue weighted by atomic mass is 10.1. The second-order valence-corrected chi connectivity index (χ2v) is 4.19. The van der Waals surface area contributed by atoms with Gasteiger partial charge in [0.25, 0.3) is 0 Å². The molecule has 0 fully saturated rings. The summed E-state index contributed by atoms with van der Waals surface area (Å²) in [6, 6.07) is 9.84. The van der Waals surface area contributed by atoms with E-state index < -0.39 is 0 Å². The maximum absolute atomic E-state index is 11.7. The molecule has 0 spiro atoms. The highest BCUT2D eigenvalue weighted by Gasteiger charge is 2.05. The van der Waals surface area contributed by atoms with Crippen molar-refractivity contribution in [1.29, 1.82) is 0 Å². The van der Waals surface area contributed by atoms with Crippen LogP contribution in [0.2, 0.25) is 0 Å². The van der Waals surface area contributed by atoms with Crippen molar-refractivity contribution in [2.45, 2.75) is 32.6 Å². The van der Waals surface area contributed by atoms with Crippen molar-refractivity contribution in [2.75, 3.05) is 0 Å². The summed E-state index contributed by atoms with van der Waals surface area (Å²) < 4.78 is 0.983. The summed E-state index contributed by atoms with van der Waals surface area (Å²) in [7, 11) is 0. The van der Waals surface area contributed by atoms with Gasteiger partial charge in [0.2, 0.25) is 5.52 Å². The summed E-state index contributed by atoms with van der Waals surface area (Å²) >= 11 is 0. The molecule has 2 nitrogen and oxygen atoms in total. The molecule has 2 aromatic rings. The van der Waals surface area contributed by atoms with E-state index in [1.165, 1.54) is 12.8 Å². The molecule has 84 valence electrons. The molecule has 1 heterocycles. The molecule has 0 bridgehead atoms. The first-order valence-corrected chi connectivity index (χ1v) is 5.92. The van der Waals surface area contributed by atoms with Crippen molar-refractivity contribution in [1.82, 2.24) is 0 Å². The number of pyridine rings is 1. The number of nitrogens with zero attached hydrogens (tertiary/aromatic N) is 1. The number of aryl methyl sites for hydroxylation is 1. The monoisotopic (exact) mass is 215 g/mol. The van der Waals surface area contributed by atoms with Gasteiger partial charge in [-0.2, -0.15) is 4.73 Å². The smallest absolute Gasteiger partial charge is 0.223 e. The minimum atomic E-state index is 0.752. The van der Waals surface area contributed by atoms with Crippen LogP contribution in [0.4, 0.5) is 0 Å². The van der Waals surface area contributed by atoms with Crippen LogP contribution in [0.15, 0.2) is 36.5 Å². The molecule has 0 aliphatic rings. The van der Waals surface area contributed by atoms with Crippen LogP contribution in [-0.2, 0) is 6.42 Å². The largest absolute Gasteiger partial charge is 0.618 e. The van der Waals surface area contributed by atoms with Crippen LogP contribution in [-0.4, -0.2) is 0 Å². The molecule has 0 aliphatic heterocycles. The Balaban J connectivity index is 2.27. The molecule has 2 heteroatoms. The standard InChI is InChI=1S/C14H17NO/c1-2-3-4-7-12-10-13-8-5-6-9-14(13)15(16)11-12/h5-6,8-11H,2-4,7H2,1H3. The third-order valence-corrected chi connectivity index (χ3v) is 2.87. The van der Waals surface area contributed by atoms with Gasteiger partial charge in [0.05, 0.1) is 0 Å². The number of para-hydroxylation sites is 1. The van der Waals surface area contributed by atoms with Gasteiger partial charge in [-0.3, -0.25) is 0 Å². The van der Waals surface area contributed by atoms with Crippen molar-refractivity contribution < 1.29 is 4.73 Å². The molecule has 1 aromatic heterocycles. The topological polar surface area (TPSA) is 26.9 Å². The van der Waals surface area contributed by atoms with Gasteiger partial charge in [0.15, 0.2) is 6.20 Å². The number of fused-ring (bicyclic) bond motifs is 1. The second-order valence-electron chi connectivity index (χ2n) is 4.19. The van der Waals surface area contributed by atoms with Gasteiger partial charge in [0.1, 0.15) is 0 Å². The molecule has 0 saturated carbocycles. The van der Waals surface area contributed by atoms with Crippen LogP contribution < -0.4 is 4.73 Å². The fraction of sp³-hybridized carbons (Fsp3) is 0.357. The third kappa shape index (κ3) is 2.32. The molecular formula is C14H17NO.